The van der Waals surface area contributed by atoms with Gasteiger partial charge in [-0.05, 0) is 42.7 Å². The summed E-state index contributed by atoms with van der Waals surface area (Å²) in [7, 11) is 0. The molecule has 0 amide bonds. The molecule has 1 fully saturated rings. The number of H-pyrrole nitrogens is 1. The van der Waals surface area contributed by atoms with E-state index in [0.29, 0.717) is 33.0 Å². The summed E-state index contributed by atoms with van der Waals surface area (Å²) in [5.41, 5.74) is 3.34. The van der Waals surface area contributed by atoms with Crippen LogP contribution < -0.4 is 5.32 Å². The maximum absolute atomic E-state index is 9.22. The summed E-state index contributed by atoms with van der Waals surface area (Å²) in [5, 5.41) is 13.9. The number of fused-ring (bicyclic) bond motifs is 1. The molecule has 1 heterocycles. The fourth-order valence-electron chi connectivity index (χ4n) is 3.64. The summed E-state index contributed by atoms with van der Waals surface area (Å²) in [6.45, 7) is 0. The Hall–Kier alpha value is -2.22. The van der Waals surface area contributed by atoms with E-state index in [9.17, 15) is 5.26 Å². The molecule has 2 N–H and O–H groups in total. The van der Waals surface area contributed by atoms with E-state index in [1.165, 1.54) is 5.56 Å². The Bertz CT molecular complexity index is 973. The number of imidazole rings is 1. The van der Waals surface area contributed by atoms with Crippen LogP contribution in [0.2, 0.25) is 10.0 Å². The molecule has 1 aliphatic rings. The van der Waals surface area contributed by atoms with Crippen molar-refractivity contribution in [3.05, 3.63) is 57.6 Å². The third-order valence-corrected chi connectivity index (χ3v) is 5.58. The third kappa shape index (κ3) is 3.06. The van der Waals surface area contributed by atoms with Gasteiger partial charge < -0.3 is 10.3 Å². The zero-order chi connectivity index (χ0) is 17.4. The highest BCUT2D eigenvalue weighted by molar-refractivity contribution is 6.42. The first-order valence-corrected chi connectivity index (χ1v) is 9.01. The van der Waals surface area contributed by atoms with Crippen molar-refractivity contribution in [3.8, 4) is 6.07 Å². The smallest absolute Gasteiger partial charge is 0.201 e. The van der Waals surface area contributed by atoms with Gasteiger partial charge in [0.05, 0.1) is 21.1 Å². The highest BCUT2D eigenvalue weighted by Crippen LogP contribution is 2.38. The van der Waals surface area contributed by atoms with Gasteiger partial charge in [-0.25, -0.2) is 4.98 Å². The summed E-state index contributed by atoms with van der Waals surface area (Å²) in [6.07, 6.45) is 3.30. The maximum Gasteiger partial charge on any atom is 0.201 e. The highest BCUT2D eigenvalue weighted by atomic mass is 35.5. The van der Waals surface area contributed by atoms with Crippen molar-refractivity contribution in [2.24, 2.45) is 0 Å². The largest absolute Gasteiger partial charge is 0.352 e. The molecule has 1 saturated carbocycles. The molecule has 1 aliphatic carbocycles. The fourth-order valence-corrected chi connectivity index (χ4v) is 3.95. The van der Waals surface area contributed by atoms with Crippen LogP contribution in [-0.2, 0) is 0 Å². The molecule has 25 heavy (non-hydrogen) atoms. The van der Waals surface area contributed by atoms with Gasteiger partial charge >= 0.3 is 0 Å². The Balaban J connectivity index is 1.61. The first kappa shape index (κ1) is 16.3. The molecule has 1 aromatic heterocycles. The van der Waals surface area contributed by atoms with Crippen molar-refractivity contribution in [2.45, 2.75) is 31.2 Å². The number of hydrogen-bond acceptors (Lipinski definition) is 3. The number of rotatable bonds is 3. The third-order valence-electron chi connectivity index (χ3n) is 4.84. The first-order chi connectivity index (χ1) is 12.2. The highest BCUT2D eigenvalue weighted by Gasteiger charge is 2.29. The molecule has 1 unspecified atom stereocenters. The van der Waals surface area contributed by atoms with Gasteiger partial charge in [0.2, 0.25) is 5.95 Å². The van der Waals surface area contributed by atoms with Crippen molar-refractivity contribution < 1.29 is 0 Å². The number of nitrogens with one attached hydrogen (secondary N) is 2. The molecule has 4 nitrogen and oxygen atoms in total. The molecular formula is C19H16Cl2N4. The maximum atomic E-state index is 9.22. The fraction of sp³-hybridized carbons (Fsp3) is 0.263. The summed E-state index contributed by atoms with van der Waals surface area (Å²) in [6, 6.07) is 13.9. The Morgan fingerprint density at radius 2 is 2.04 bits per heavy atom. The minimum atomic E-state index is 0.267. The Kier molecular flexibility index (Phi) is 4.29. The number of aromatic nitrogens is 2. The number of hydrogen-bond donors (Lipinski definition) is 2. The van der Waals surface area contributed by atoms with E-state index in [0.717, 1.165) is 24.8 Å². The molecular weight excluding hydrogens is 355 g/mol. The molecule has 3 aromatic rings. The lowest BCUT2D eigenvalue weighted by Crippen LogP contribution is -2.23. The van der Waals surface area contributed by atoms with Gasteiger partial charge in [-0.1, -0.05) is 41.8 Å². The zero-order valence-electron chi connectivity index (χ0n) is 13.4. The molecule has 6 heteroatoms. The first-order valence-electron chi connectivity index (χ1n) is 8.26. The minimum absolute atomic E-state index is 0.267. The van der Waals surface area contributed by atoms with Gasteiger partial charge in [0.15, 0.2) is 0 Å². The predicted molar refractivity (Wildman–Crippen MR) is 101 cm³/mol. The van der Waals surface area contributed by atoms with Crippen molar-refractivity contribution >= 4 is 40.2 Å². The normalized spacial score (nSPS) is 19.9. The van der Waals surface area contributed by atoms with Gasteiger partial charge in [-0.15, -0.1) is 0 Å². The van der Waals surface area contributed by atoms with Crippen molar-refractivity contribution in [2.75, 3.05) is 5.32 Å². The number of anilines is 1. The molecule has 0 spiro atoms. The molecule has 0 aliphatic heterocycles. The quantitative estimate of drug-likeness (QED) is 0.640. The van der Waals surface area contributed by atoms with Gasteiger partial charge in [0.25, 0.3) is 0 Å². The van der Waals surface area contributed by atoms with E-state index in [-0.39, 0.29) is 6.04 Å². The van der Waals surface area contributed by atoms with Crippen LogP contribution in [0.4, 0.5) is 5.95 Å². The lowest BCUT2D eigenvalue weighted by Gasteiger charge is -2.21. The van der Waals surface area contributed by atoms with E-state index in [2.05, 4.69) is 21.4 Å². The average molecular weight is 371 g/mol. The molecule has 4 rings (SSSR count). The van der Waals surface area contributed by atoms with Crippen molar-refractivity contribution in [1.82, 2.24) is 9.97 Å². The van der Waals surface area contributed by atoms with Crippen LogP contribution in [0, 0.1) is 11.3 Å². The predicted octanol–water partition coefficient (Wildman–Crippen LogP) is 5.49. The van der Waals surface area contributed by atoms with Crippen LogP contribution in [0.1, 0.15) is 36.3 Å². The van der Waals surface area contributed by atoms with Crippen LogP contribution >= 0.6 is 23.2 Å². The van der Waals surface area contributed by atoms with Crippen LogP contribution in [0.5, 0.6) is 0 Å². The monoisotopic (exact) mass is 370 g/mol. The van der Waals surface area contributed by atoms with Crippen LogP contribution in [-0.4, -0.2) is 16.0 Å². The topological polar surface area (TPSA) is 64.5 Å². The lowest BCUT2D eigenvalue weighted by atomic mass is 9.94. The van der Waals surface area contributed by atoms with Gasteiger partial charge in [0.1, 0.15) is 11.6 Å². The molecule has 0 bridgehead atoms. The summed E-state index contributed by atoms with van der Waals surface area (Å²) >= 11 is 12.2. The average Bonchev–Trinajstić information content (AvgIpc) is 3.23. The number of para-hydroxylation sites is 1. The van der Waals surface area contributed by atoms with Crippen LogP contribution in [0.25, 0.3) is 11.0 Å². The van der Waals surface area contributed by atoms with E-state index in [1.54, 1.807) is 6.07 Å². The summed E-state index contributed by atoms with van der Waals surface area (Å²) in [4.78, 5) is 7.84. The van der Waals surface area contributed by atoms with Crippen LogP contribution in [0.15, 0.2) is 36.4 Å². The Labute approximate surface area is 155 Å². The van der Waals surface area contributed by atoms with Gasteiger partial charge in [-0.2, -0.15) is 5.26 Å². The minimum Gasteiger partial charge on any atom is -0.352 e. The summed E-state index contributed by atoms with van der Waals surface area (Å²) in [5.74, 6) is 1.06. The summed E-state index contributed by atoms with van der Waals surface area (Å²) < 4.78 is 0. The molecule has 0 saturated heterocycles. The van der Waals surface area contributed by atoms with Crippen molar-refractivity contribution in [1.29, 1.82) is 5.26 Å². The van der Waals surface area contributed by atoms with Crippen LogP contribution in [0.3, 0.4) is 0 Å². The van der Waals surface area contributed by atoms with E-state index >= 15 is 0 Å². The standard InChI is InChI=1S/C19H16Cl2N4/c20-14-8-7-11(9-15(14)21)13-4-2-5-16(13)23-19-24-17-6-1-3-12(10-22)18(17)25-19/h1,3,6-9,13,16H,2,4-5H2,(H2,23,24,25)/t13-,16?/m0/s1. The molecule has 0 radical (unpaired) electrons. The van der Waals surface area contributed by atoms with E-state index in [1.807, 2.05) is 30.3 Å². The Morgan fingerprint density at radius 3 is 2.84 bits per heavy atom. The molecule has 126 valence electrons. The second-order valence-corrected chi connectivity index (χ2v) is 7.18. The number of aromatic amines is 1. The number of nitrogens with zero attached hydrogens (tertiary/aromatic N) is 2. The van der Waals surface area contributed by atoms with Gasteiger partial charge in [-0.3, -0.25) is 0 Å². The van der Waals surface area contributed by atoms with Gasteiger partial charge in [0, 0.05) is 12.0 Å². The van der Waals surface area contributed by atoms with E-state index < -0.39 is 0 Å². The zero-order valence-corrected chi connectivity index (χ0v) is 14.9. The molecule has 2 aromatic carbocycles. The number of halogens is 2. The second kappa shape index (κ2) is 6.59. The van der Waals surface area contributed by atoms with Crippen molar-refractivity contribution in [3.63, 3.8) is 0 Å². The number of benzene rings is 2. The number of nitriles is 1. The SMILES string of the molecule is N#Cc1cccc2[nH]c(NC3CCC[C@H]3c3ccc(Cl)c(Cl)c3)nc12. The molecule has 2 atom stereocenters. The second-order valence-electron chi connectivity index (χ2n) is 6.36. The lowest BCUT2D eigenvalue weighted by molar-refractivity contribution is 0.646. The Morgan fingerprint density at radius 1 is 1.16 bits per heavy atom. The van der Waals surface area contributed by atoms with E-state index in [4.69, 9.17) is 23.2 Å².